The number of hydrogen-bond acceptors (Lipinski definition) is 5. The van der Waals surface area contributed by atoms with Crippen LogP contribution in [0, 0.1) is 0 Å². The average molecular weight is 486 g/mol. The van der Waals surface area contributed by atoms with E-state index in [-0.39, 0.29) is 18.4 Å². The van der Waals surface area contributed by atoms with E-state index in [2.05, 4.69) is 10.2 Å². The lowest BCUT2D eigenvalue weighted by atomic mass is 9.73. The highest BCUT2D eigenvalue weighted by Crippen LogP contribution is 2.38. The summed E-state index contributed by atoms with van der Waals surface area (Å²) >= 11 is 6.25. The van der Waals surface area contributed by atoms with Gasteiger partial charge in [0.1, 0.15) is 0 Å². The van der Waals surface area contributed by atoms with Crippen molar-refractivity contribution in [2.45, 2.75) is 25.2 Å². The topological polar surface area (TPSA) is 71.1 Å². The van der Waals surface area contributed by atoms with Crippen LogP contribution in [0.1, 0.15) is 25.3 Å². The van der Waals surface area contributed by atoms with Crippen molar-refractivity contribution in [3.63, 3.8) is 0 Å². The lowest BCUT2D eigenvalue weighted by Crippen LogP contribution is -2.51. The molecule has 0 bridgehead atoms. The first-order valence-corrected chi connectivity index (χ1v) is 12.3. The molecule has 34 heavy (non-hydrogen) atoms. The Morgan fingerprint density at radius 3 is 2.35 bits per heavy atom. The van der Waals surface area contributed by atoms with Gasteiger partial charge in [0.15, 0.2) is 0 Å². The van der Waals surface area contributed by atoms with Crippen molar-refractivity contribution >= 4 is 34.8 Å². The first kappa shape index (κ1) is 24.5. The molecule has 0 radical (unpaired) electrons. The average Bonchev–Trinajstić information content (AvgIpc) is 2.88. The van der Waals surface area contributed by atoms with E-state index in [0.29, 0.717) is 43.3 Å². The quantitative estimate of drug-likeness (QED) is 0.647. The molecule has 0 spiro atoms. The molecule has 7 nitrogen and oxygen atoms in total. The number of rotatable bonds is 7. The number of benzene rings is 2. The molecule has 0 atom stereocenters. The number of carbonyl (C=O) groups excluding carboxylic acids is 2. The monoisotopic (exact) mass is 485 g/mol. The van der Waals surface area contributed by atoms with E-state index in [0.717, 1.165) is 37.6 Å². The highest BCUT2D eigenvalue weighted by atomic mass is 35.5. The van der Waals surface area contributed by atoms with Gasteiger partial charge in [0.05, 0.1) is 25.2 Å². The van der Waals surface area contributed by atoms with E-state index in [1.807, 2.05) is 49.4 Å². The zero-order chi connectivity index (χ0) is 24.0. The largest absolute Gasteiger partial charge is 0.381 e. The Bertz CT molecular complexity index is 986. The van der Waals surface area contributed by atoms with Crippen LogP contribution in [0.25, 0.3) is 0 Å². The molecule has 4 rings (SSSR count). The lowest BCUT2D eigenvalue weighted by Gasteiger charge is -2.39. The molecule has 2 saturated heterocycles. The second-order valence-electron chi connectivity index (χ2n) is 8.72. The lowest BCUT2D eigenvalue weighted by molar-refractivity contribution is -0.143. The summed E-state index contributed by atoms with van der Waals surface area (Å²) in [5.74, 6) is -0.277. The predicted molar refractivity (Wildman–Crippen MR) is 134 cm³/mol. The minimum Gasteiger partial charge on any atom is -0.381 e. The zero-order valence-electron chi connectivity index (χ0n) is 19.6. The standard InChI is InChI=1S/C26H32ClN3O4/c1-2-29(25(32)26(10-14-33-15-11-26)20-4-3-5-21(27)18-20)19-24(31)28-22-6-8-23(9-7-22)30-12-16-34-17-13-30/h3-9,18H,2,10-17,19H2,1H3,(H,28,31). The number of halogens is 1. The second-order valence-corrected chi connectivity index (χ2v) is 9.16. The van der Waals surface area contributed by atoms with Crippen LogP contribution in [0.4, 0.5) is 11.4 Å². The fourth-order valence-electron chi connectivity index (χ4n) is 4.71. The molecule has 0 aliphatic carbocycles. The molecule has 2 aromatic carbocycles. The maximum Gasteiger partial charge on any atom is 0.243 e. The SMILES string of the molecule is CCN(CC(=O)Nc1ccc(N2CCOCC2)cc1)C(=O)C1(c2cccc(Cl)c2)CCOCC1. The first-order valence-electron chi connectivity index (χ1n) is 11.9. The third-order valence-corrected chi connectivity index (χ3v) is 6.90. The van der Waals surface area contributed by atoms with E-state index < -0.39 is 5.41 Å². The maximum atomic E-state index is 13.8. The fraction of sp³-hybridized carbons (Fsp3) is 0.462. The Morgan fingerprint density at radius 1 is 1.03 bits per heavy atom. The third kappa shape index (κ3) is 5.54. The highest BCUT2D eigenvalue weighted by molar-refractivity contribution is 6.30. The van der Waals surface area contributed by atoms with Crippen LogP contribution in [0.5, 0.6) is 0 Å². The van der Waals surface area contributed by atoms with Gasteiger partial charge in [-0.05, 0) is 61.7 Å². The van der Waals surface area contributed by atoms with Gasteiger partial charge in [0, 0.05) is 49.2 Å². The number of ether oxygens (including phenoxy) is 2. The summed E-state index contributed by atoms with van der Waals surface area (Å²) in [6.45, 7) is 6.49. The second kappa shape index (κ2) is 11.2. The number of nitrogens with one attached hydrogen (secondary N) is 1. The predicted octanol–water partition coefficient (Wildman–Crippen LogP) is 3.71. The summed E-state index contributed by atoms with van der Waals surface area (Å²) in [6.07, 6.45) is 1.13. The van der Waals surface area contributed by atoms with Gasteiger partial charge in [-0.2, -0.15) is 0 Å². The molecule has 1 N–H and O–H groups in total. The molecular weight excluding hydrogens is 454 g/mol. The van der Waals surface area contributed by atoms with Crippen molar-refractivity contribution < 1.29 is 19.1 Å². The molecule has 0 unspecified atom stereocenters. The molecule has 2 heterocycles. The van der Waals surface area contributed by atoms with E-state index in [1.165, 1.54) is 0 Å². The van der Waals surface area contributed by atoms with Gasteiger partial charge in [-0.1, -0.05) is 23.7 Å². The molecular formula is C26H32ClN3O4. The molecule has 182 valence electrons. The van der Waals surface area contributed by atoms with Crippen molar-refractivity contribution in [1.82, 2.24) is 4.90 Å². The molecule has 0 aromatic heterocycles. The molecule has 0 saturated carbocycles. The molecule has 2 aromatic rings. The molecule has 8 heteroatoms. The van der Waals surface area contributed by atoms with Crippen molar-refractivity contribution in [3.8, 4) is 0 Å². The Morgan fingerprint density at radius 2 is 1.71 bits per heavy atom. The minimum absolute atomic E-state index is 0.0102. The summed E-state index contributed by atoms with van der Waals surface area (Å²) in [6, 6.07) is 15.3. The molecule has 2 aliphatic rings. The van der Waals surface area contributed by atoms with Crippen molar-refractivity contribution in [1.29, 1.82) is 0 Å². The van der Waals surface area contributed by atoms with Crippen LogP contribution >= 0.6 is 11.6 Å². The van der Waals surface area contributed by atoms with Gasteiger partial charge in [0.25, 0.3) is 0 Å². The van der Waals surface area contributed by atoms with Gasteiger partial charge in [-0.25, -0.2) is 0 Å². The van der Waals surface area contributed by atoms with Crippen molar-refractivity contribution in [2.75, 3.05) is 62.8 Å². The van der Waals surface area contributed by atoms with Gasteiger partial charge in [-0.3, -0.25) is 9.59 Å². The zero-order valence-corrected chi connectivity index (χ0v) is 20.4. The number of carbonyl (C=O) groups is 2. The van der Waals surface area contributed by atoms with E-state index >= 15 is 0 Å². The summed E-state index contributed by atoms with van der Waals surface area (Å²) in [4.78, 5) is 30.6. The van der Waals surface area contributed by atoms with Gasteiger partial charge < -0.3 is 24.6 Å². The Labute approximate surface area is 206 Å². The fourth-order valence-corrected chi connectivity index (χ4v) is 4.90. The van der Waals surface area contributed by atoms with E-state index in [9.17, 15) is 9.59 Å². The van der Waals surface area contributed by atoms with Crippen LogP contribution in [0.2, 0.25) is 5.02 Å². The van der Waals surface area contributed by atoms with Crippen LogP contribution in [0.15, 0.2) is 48.5 Å². The number of hydrogen-bond donors (Lipinski definition) is 1. The van der Waals surface area contributed by atoms with Gasteiger partial charge in [0.2, 0.25) is 11.8 Å². The summed E-state index contributed by atoms with van der Waals surface area (Å²) in [5, 5.41) is 3.53. The first-order chi connectivity index (χ1) is 16.5. The van der Waals surface area contributed by atoms with Gasteiger partial charge in [-0.15, -0.1) is 0 Å². The van der Waals surface area contributed by atoms with Crippen LogP contribution in [-0.2, 0) is 24.5 Å². The Balaban J connectivity index is 1.44. The Kier molecular flexibility index (Phi) is 8.08. The van der Waals surface area contributed by atoms with E-state index in [4.69, 9.17) is 21.1 Å². The Hall–Kier alpha value is -2.61. The van der Waals surface area contributed by atoms with Crippen LogP contribution in [0.3, 0.4) is 0 Å². The third-order valence-electron chi connectivity index (χ3n) is 6.66. The number of nitrogens with zero attached hydrogens (tertiary/aromatic N) is 2. The summed E-state index contributed by atoms with van der Waals surface area (Å²) < 4.78 is 11.0. The highest BCUT2D eigenvalue weighted by Gasteiger charge is 2.44. The molecule has 2 aliphatic heterocycles. The number of anilines is 2. The van der Waals surface area contributed by atoms with Crippen molar-refractivity contribution in [3.05, 3.63) is 59.1 Å². The molecule has 2 amide bonds. The smallest absolute Gasteiger partial charge is 0.243 e. The van der Waals surface area contributed by atoms with Crippen molar-refractivity contribution in [2.24, 2.45) is 0 Å². The van der Waals surface area contributed by atoms with Crippen LogP contribution in [-0.4, -0.2) is 69.3 Å². The maximum absolute atomic E-state index is 13.8. The summed E-state index contributed by atoms with van der Waals surface area (Å²) in [7, 11) is 0. The van der Waals surface area contributed by atoms with E-state index in [1.54, 1.807) is 11.0 Å². The normalized spacial score (nSPS) is 17.8. The van der Waals surface area contributed by atoms with Gasteiger partial charge >= 0.3 is 0 Å². The number of likely N-dealkylation sites (N-methyl/N-ethyl adjacent to an activating group) is 1. The van der Waals surface area contributed by atoms with Crippen LogP contribution < -0.4 is 10.2 Å². The minimum atomic E-state index is -0.737. The number of morpholine rings is 1. The molecule has 2 fully saturated rings. The summed E-state index contributed by atoms with van der Waals surface area (Å²) in [5.41, 5.74) is 1.96. The number of amides is 2.